The minimum absolute atomic E-state index is 0.0624. The van der Waals surface area contributed by atoms with Gasteiger partial charge in [-0.2, -0.15) is 0 Å². The van der Waals surface area contributed by atoms with E-state index in [1.54, 1.807) is 34.6 Å². The second kappa shape index (κ2) is 10.3. The Bertz CT molecular complexity index is 1460. The number of hydrogen-bond donors (Lipinski definition) is 0. The van der Waals surface area contributed by atoms with Crippen LogP contribution in [0.3, 0.4) is 0 Å². The highest BCUT2D eigenvalue weighted by Gasteiger charge is 2.60. The monoisotopic (exact) mass is 589 g/mol. The smallest absolute Gasteiger partial charge is 0.413 e. The zero-order valence-corrected chi connectivity index (χ0v) is 26.6. The van der Waals surface area contributed by atoms with Crippen LogP contribution in [0.15, 0.2) is 65.3 Å². The fraction of sp³-hybridized carbons (Fsp3) is 0.543. The Morgan fingerprint density at radius 1 is 0.977 bits per heavy atom. The van der Waals surface area contributed by atoms with Gasteiger partial charge < -0.3 is 14.2 Å². The number of esters is 1. The van der Waals surface area contributed by atoms with Crippen LogP contribution in [0, 0.1) is 16.7 Å². The molecule has 230 valence electrons. The van der Waals surface area contributed by atoms with Gasteiger partial charge in [0.05, 0.1) is 0 Å². The molecule has 0 radical (unpaired) electrons. The summed E-state index contributed by atoms with van der Waals surface area (Å²) < 4.78 is 18.5. The Kier molecular flexibility index (Phi) is 7.40. The first-order chi connectivity index (χ1) is 19.9. The van der Waals surface area contributed by atoms with Gasteiger partial charge in [0.15, 0.2) is 17.7 Å². The number of rotatable bonds is 3. The molecular formula is C35H43NO7. The second-order valence-electron chi connectivity index (χ2n) is 14.6. The number of fused-ring (bicyclic) bond motifs is 1. The van der Waals surface area contributed by atoms with Crippen LogP contribution in [0.25, 0.3) is 0 Å². The van der Waals surface area contributed by atoms with E-state index in [0.717, 1.165) is 5.57 Å². The van der Waals surface area contributed by atoms with Crippen LogP contribution in [0.5, 0.6) is 0 Å². The lowest BCUT2D eigenvalue weighted by molar-refractivity contribution is -0.176. The highest BCUT2D eigenvalue weighted by molar-refractivity contribution is 6.21. The molecule has 1 saturated heterocycles. The van der Waals surface area contributed by atoms with Crippen molar-refractivity contribution in [1.29, 1.82) is 0 Å². The molecule has 0 spiro atoms. The maximum Gasteiger partial charge on any atom is 0.413 e. The van der Waals surface area contributed by atoms with E-state index in [9.17, 15) is 19.2 Å². The first kappa shape index (κ1) is 30.9. The van der Waals surface area contributed by atoms with Gasteiger partial charge in [0.25, 0.3) is 0 Å². The average Bonchev–Trinajstić information content (AvgIpc) is 3.18. The van der Waals surface area contributed by atoms with E-state index in [1.165, 1.54) is 17.1 Å². The SMILES string of the molecule is CC1=CCC2C(C)(C)C3=C(CC2(C)C1OC(=O)C1OC(C)(C)N(C(=O)OC(C)(C)C)C1c1ccccc1)C(=O)C=CC3=O. The minimum Gasteiger partial charge on any atom is -0.455 e. The van der Waals surface area contributed by atoms with Crippen LogP contribution in [0.1, 0.15) is 86.8 Å². The van der Waals surface area contributed by atoms with Crippen LogP contribution >= 0.6 is 0 Å². The number of benzene rings is 1. The molecule has 43 heavy (non-hydrogen) atoms. The molecule has 1 aliphatic heterocycles. The van der Waals surface area contributed by atoms with Crippen molar-refractivity contribution in [3.05, 3.63) is 70.8 Å². The lowest BCUT2D eigenvalue weighted by Crippen LogP contribution is -2.55. The predicted octanol–water partition coefficient (Wildman–Crippen LogP) is 6.42. The topological polar surface area (TPSA) is 99.2 Å². The quantitative estimate of drug-likeness (QED) is 0.228. The molecule has 5 unspecified atom stereocenters. The third kappa shape index (κ3) is 5.17. The first-order valence-corrected chi connectivity index (χ1v) is 15.0. The van der Waals surface area contributed by atoms with Gasteiger partial charge in [0.1, 0.15) is 23.5 Å². The molecule has 1 heterocycles. The van der Waals surface area contributed by atoms with Crippen molar-refractivity contribution in [2.45, 2.75) is 105 Å². The predicted molar refractivity (Wildman–Crippen MR) is 161 cm³/mol. The molecule has 3 aliphatic carbocycles. The summed E-state index contributed by atoms with van der Waals surface area (Å²) >= 11 is 0. The summed E-state index contributed by atoms with van der Waals surface area (Å²) in [5.74, 6) is -0.961. The molecule has 5 atom stereocenters. The van der Waals surface area contributed by atoms with Crippen molar-refractivity contribution in [1.82, 2.24) is 4.90 Å². The van der Waals surface area contributed by atoms with Crippen LogP contribution in [-0.2, 0) is 28.6 Å². The molecule has 0 aromatic heterocycles. The van der Waals surface area contributed by atoms with Gasteiger partial charge in [0.2, 0.25) is 0 Å². The van der Waals surface area contributed by atoms with Crippen LogP contribution in [0.2, 0.25) is 0 Å². The largest absolute Gasteiger partial charge is 0.455 e. The third-order valence-corrected chi connectivity index (χ3v) is 9.55. The summed E-state index contributed by atoms with van der Waals surface area (Å²) in [6, 6.07) is 8.48. The van der Waals surface area contributed by atoms with Crippen molar-refractivity contribution in [3.63, 3.8) is 0 Å². The molecule has 4 aliphatic rings. The molecule has 1 aromatic carbocycles. The minimum atomic E-state index is -1.18. The summed E-state index contributed by atoms with van der Waals surface area (Å²) in [6.45, 7) is 16.9. The Labute approximate surface area is 254 Å². The van der Waals surface area contributed by atoms with Gasteiger partial charge in [-0.25, -0.2) is 9.59 Å². The number of ether oxygens (including phenoxy) is 3. The summed E-state index contributed by atoms with van der Waals surface area (Å²) in [5.41, 5.74) is -0.532. The number of carbonyl (C=O) groups excluding carboxylic acids is 4. The van der Waals surface area contributed by atoms with Crippen LogP contribution in [-0.4, -0.2) is 52.1 Å². The van der Waals surface area contributed by atoms with Gasteiger partial charge in [-0.3, -0.25) is 14.5 Å². The van der Waals surface area contributed by atoms with E-state index in [4.69, 9.17) is 14.2 Å². The normalized spacial score (nSPS) is 31.3. The molecule has 0 bridgehead atoms. The number of hydrogen-bond acceptors (Lipinski definition) is 7. The van der Waals surface area contributed by atoms with Crippen molar-refractivity contribution in [2.24, 2.45) is 16.7 Å². The lowest BCUT2D eigenvalue weighted by Gasteiger charge is -2.56. The van der Waals surface area contributed by atoms with Gasteiger partial charge in [0, 0.05) is 16.6 Å². The maximum atomic E-state index is 14.3. The van der Waals surface area contributed by atoms with Gasteiger partial charge in [-0.1, -0.05) is 57.2 Å². The summed E-state index contributed by atoms with van der Waals surface area (Å²) in [6.07, 6.45) is 3.40. The maximum absolute atomic E-state index is 14.3. The molecule has 0 saturated carbocycles. The number of allylic oxidation sites excluding steroid dienone is 5. The number of nitrogens with zero attached hydrogens (tertiary/aromatic N) is 1. The van der Waals surface area contributed by atoms with E-state index < -0.39 is 52.5 Å². The second-order valence-corrected chi connectivity index (χ2v) is 14.6. The van der Waals surface area contributed by atoms with Crippen molar-refractivity contribution >= 4 is 23.6 Å². The van der Waals surface area contributed by atoms with E-state index in [2.05, 4.69) is 13.0 Å². The summed E-state index contributed by atoms with van der Waals surface area (Å²) in [4.78, 5) is 55.4. The standard InChI is InChI=1S/C35H43NO7/c1-20-15-18-25-33(5,6)26-22(23(37)16-17-24(26)38)19-35(25,9)29(20)41-30(39)28-27(21-13-11-10-12-14-21)36(34(7,8)42-28)31(40)43-32(2,3)4/h10-17,25,27-29H,18-19H2,1-9H3. The molecule has 5 rings (SSSR count). The lowest BCUT2D eigenvalue weighted by atomic mass is 9.48. The molecule has 8 nitrogen and oxygen atoms in total. The Morgan fingerprint density at radius 3 is 2.23 bits per heavy atom. The molecule has 1 fully saturated rings. The highest BCUT2D eigenvalue weighted by atomic mass is 16.6. The van der Waals surface area contributed by atoms with Crippen molar-refractivity contribution in [3.8, 4) is 0 Å². The molecule has 8 heteroatoms. The zero-order valence-electron chi connectivity index (χ0n) is 26.6. The van der Waals surface area contributed by atoms with E-state index >= 15 is 0 Å². The average molecular weight is 590 g/mol. The van der Waals surface area contributed by atoms with Crippen molar-refractivity contribution < 1.29 is 33.4 Å². The van der Waals surface area contributed by atoms with E-state index in [1.807, 2.05) is 51.1 Å². The summed E-state index contributed by atoms with van der Waals surface area (Å²) in [5, 5.41) is 0. The van der Waals surface area contributed by atoms with Gasteiger partial charge in [-0.05, 0) is 89.0 Å². The fourth-order valence-corrected chi connectivity index (χ4v) is 7.87. The Balaban J connectivity index is 1.52. The molecule has 1 amide bonds. The molecular weight excluding hydrogens is 546 g/mol. The van der Waals surface area contributed by atoms with Gasteiger partial charge >= 0.3 is 12.1 Å². The van der Waals surface area contributed by atoms with Crippen molar-refractivity contribution in [2.75, 3.05) is 0 Å². The zero-order chi connectivity index (χ0) is 31.7. The summed E-state index contributed by atoms with van der Waals surface area (Å²) in [7, 11) is 0. The highest BCUT2D eigenvalue weighted by Crippen LogP contribution is 2.61. The van der Waals surface area contributed by atoms with E-state index in [0.29, 0.717) is 29.6 Å². The Hall–Kier alpha value is -3.52. The number of amides is 1. The number of carbonyl (C=O) groups is 4. The molecule has 1 aromatic rings. The van der Waals surface area contributed by atoms with Crippen LogP contribution < -0.4 is 0 Å². The molecule has 0 N–H and O–H groups in total. The number of ketones is 2. The first-order valence-electron chi connectivity index (χ1n) is 15.0. The third-order valence-electron chi connectivity index (χ3n) is 9.55. The van der Waals surface area contributed by atoms with Crippen LogP contribution in [0.4, 0.5) is 4.79 Å². The van der Waals surface area contributed by atoms with E-state index in [-0.39, 0.29) is 17.5 Å². The Morgan fingerprint density at radius 2 is 1.60 bits per heavy atom. The van der Waals surface area contributed by atoms with Gasteiger partial charge in [-0.15, -0.1) is 0 Å². The fourth-order valence-electron chi connectivity index (χ4n) is 7.87.